The van der Waals surface area contributed by atoms with Crippen LogP contribution in [-0.2, 0) is 0 Å². The van der Waals surface area contributed by atoms with E-state index in [-0.39, 0.29) is 11.3 Å². The fraction of sp³-hybridized carbons (Fsp3) is 0.286. The summed E-state index contributed by atoms with van der Waals surface area (Å²) in [6, 6.07) is 18.5. The molecular formula is C21H23NO. The maximum Gasteiger partial charge on any atom is 0.232 e. The van der Waals surface area contributed by atoms with Crippen molar-refractivity contribution in [3.8, 4) is 11.3 Å². The maximum atomic E-state index is 13.0. The van der Waals surface area contributed by atoms with Gasteiger partial charge in [-0.1, -0.05) is 62.7 Å². The number of aryl methyl sites for hydroxylation is 1. The Morgan fingerprint density at radius 3 is 2.35 bits per heavy atom. The lowest BCUT2D eigenvalue weighted by Gasteiger charge is -2.19. The first-order valence-electron chi connectivity index (χ1n) is 8.06. The zero-order chi connectivity index (χ0) is 16.6. The molecule has 3 rings (SSSR count). The number of rotatable bonds is 2. The average Bonchev–Trinajstić information content (AvgIpc) is 2.85. The van der Waals surface area contributed by atoms with Gasteiger partial charge in [0.05, 0.1) is 11.2 Å². The van der Waals surface area contributed by atoms with E-state index < -0.39 is 0 Å². The molecule has 0 spiro atoms. The van der Waals surface area contributed by atoms with Gasteiger partial charge >= 0.3 is 0 Å². The molecule has 118 valence electrons. The van der Waals surface area contributed by atoms with Crippen LogP contribution < -0.4 is 0 Å². The van der Waals surface area contributed by atoms with Crippen LogP contribution in [0.3, 0.4) is 0 Å². The van der Waals surface area contributed by atoms with Gasteiger partial charge < -0.3 is 0 Å². The SMILES string of the molecule is Cc1ccc2c(c1)cc(-c1ccccc1)n2C(=O)CC(C)(C)C. The van der Waals surface area contributed by atoms with Crippen molar-refractivity contribution < 1.29 is 4.79 Å². The molecule has 0 saturated heterocycles. The first kappa shape index (κ1) is 15.5. The first-order chi connectivity index (χ1) is 10.8. The van der Waals surface area contributed by atoms with E-state index in [0.717, 1.165) is 22.2 Å². The summed E-state index contributed by atoms with van der Waals surface area (Å²) < 4.78 is 1.88. The minimum Gasteiger partial charge on any atom is -0.280 e. The molecule has 2 aromatic carbocycles. The van der Waals surface area contributed by atoms with E-state index in [0.29, 0.717) is 6.42 Å². The molecule has 2 nitrogen and oxygen atoms in total. The quantitative estimate of drug-likeness (QED) is 0.596. The van der Waals surface area contributed by atoms with Crippen molar-refractivity contribution in [3.05, 3.63) is 60.2 Å². The number of aromatic nitrogens is 1. The third kappa shape index (κ3) is 3.21. The van der Waals surface area contributed by atoms with Gasteiger partial charge in [0.1, 0.15) is 0 Å². The van der Waals surface area contributed by atoms with Crippen LogP contribution in [-0.4, -0.2) is 10.5 Å². The molecule has 0 bridgehead atoms. The van der Waals surface area contributed by atoms with E-state index >= 15 is 0 Å². The van der Waals surface area contributed by atoms with Gasteiger partial charge in [0.25, 0.3) is 0 Å². The van der Waals surface area contributed by atoms with Crippen molar-refractivity contribution in [1.29, 1.82) is 0 Å². The number of carbonyl (C=O) groups excluding carboxylic acids is 1. The van der Waals surface area contributed by atoms with Crippen molar-refractivity contribution in [3.63, 3.8) is 0 Å². The van der Waals surface area contributed by atoms with Gasteiger partial charge in [0, 0.05) is 11.8 Å². The number of carbonyl (C=O) groups is 1. The second-order valence-corrected chi connectivity index (χ2v) is 7.42. The van der Waals surface area contributed by atoms with Crippen molar-refractivity contribution in [2.45, 2.75) is 34.1 Å². The first-order valence-corrected chi connectivity index (χ1v) is 8.06. The van der Waals surface area contributed by atoms with Gasteiger partial charge in [-0.2, -0.15) is 0 Å². The van der Waals surface area contributed by atoms with E-state index in [9.17, 15) is 4.79 Å². The lowest BCUT2D eigenvalue weighted by Crippen LogP contribution is -2.19. The minimum absolute atomic E-state index is 0.0354. The second kappa shape index (κ2) is 5.69. The zero-order valence-corrected chi connectivity index (χ0v) is 14.3. The summed E-state index contributed by atoms with van der Waals surface area (Å²) in [6.45, 7) is 8.38. The van der Waals surface area contributed by atoms with Crippen LogP contribution in [0.4, 0.5) is 0 Å². The summed E-state index contributed by atoms with van der Waals surface area (Å²) in [5.41, 5.74) is 4.21. The Balaban J connectivity index is 2.22. The Hall–Kier alpha value is -2.35. The Morgan fingerprint density at radius 1 is 1.00 bits per heavy atom. The van der Waals surface area contributed by atoms with E-state index in [1.54, 1.807) is 0 Å². The number of hydrogen-bond donors (Lipinski definition) is 0. The van der Waals surface area contributed by atoms with Gasteiger partial charge in [-0.15, -0.1) is 0 Å². The lowest BCUT2D eigenvalue weighted by atomic mass is 9.92. The van der Waals surface area contributed by atoms with Crippen molar-refractivity contribution >= 4 is 16.8 Å². The van der Waals surface area contributed by atoms with E-state index in [2.05, 4.69) is 64.1 Å². The predicted octanol–water partition coefficient (Wildman–Crippen LogP) is 5.69. The van der Waals surface area contributed by atoms with Crippen molar-refractivity contribution in [1.82, 2.24) is 4.57 Å². The van der Waals surface area contributed by atoms with Crippen molar-refractivity contribution in [2.24, 2.45) is 5.41 Å². The van der Waals surface area contributed by atoms with E-state index in [4.69, 9.17) is 0 Å². The molecule has 1 heterocycles. The molecule has 0 amide bonds. The molecule has 2 heteroatoms. The monoisotopic (exact) mass is 305 g/mol. The molecule has 0 radical (unpaired) electrons. The van der Waals surface area contributed by atoms with Crippen LogP contribution in [0.15, 0.2) is 54.6 Å². The van der Waals surface area contributed by atoms with Crippen LogP contribution >= 0.6 is 0 Å². The Kier molecular flexibility index (Phi) is 3.85. The number of fused-ring (bicyclic) bond motifs is 1. The minimum atomic E-state index is -0.0354. The van der Waals surface area contributed by atoms with Crippen molar-refractivity contribution in [2.75, 3.05) is 0 Å². The third-order valence-electron chi connectivity index (χ3n) is 3.96. The standard InChI is InChI=1S/C21H23NO/c1-15-10-11-18-17(12-15)13-19(16-8-6-5-7-9-16)22(18)20(23)14-21(2,3)4/h5-13H,14H2,1-4H3. The summed E-state index contributed by atoms with van der Waals surface area (Å²) in [5.74, 6) is 0.148. The normalized spacial score (nSPS) is 11.8. The summed E-state index contributed by atoms with van der Waals surface area (Å²) in [5, 5.41) is 1.12. The second-order valence-electron chi connectivity index (χ2n) is 7.42. The zero-order valence-electron chi connectivity index (χ0n) is 14.3. The molecule has 0 unspecified atom stereocenters. The molecule has 1 aromatic heterocycles. The molecule has 3 aromatic rings. The number of hydrogen-bond acceptors (Lipinski definition) is 1. The third-order valence-corrected chi connectivity index (χ3v) is 3.96. The molecule has 0 aliphatic heterocycles. The fourth-order valence-electron chi connectivity index (χ4n) is 2.96. The van der Waals surface area contributed by atoms with Crippen LogP contribution in [0.1, 0.15) is 37.6 Å². The highest BCUT2D eigenvalue weighted by Gasteiger charge is 2.21. The smallest absolute Gasteiger partial charge is 0.232 e. The summed E-state index contributed by atoms with van der Waals surface area (Å²) in [6.07, 6.45) is 0.518. The Bertz CT molecular complexity index is 851. The molecule has 0 atom stereocenters. The van der Waals surface area contributed by atoms with Gasteiger partial charge in [-0.25, -0.2) is 0 Å². The topological polar surface area (TPSA) is 22.0 Å². The van der Waals surface area contributed by atoms with Crippen LogP contribution in [0.25, 0.3) is 22.2 Å². The highest BCUT2D eigenvalue weighted by atomic mass is 16.2. The highest BCUT2D eigenvalue weighted by molar-refractivity contribution is 5.98. The van der Waals surface area contributed by atoms with Crippen LogP contribution in [0, 0.1) is 12.3 Å². The summed E-state index contributed by atoms with van der Waals surface area (Å²) in [4.78, 5) is 13.0. The molecule has 0 saturated carbocycles. The maximum absolute atomic E-state index is 13.0. The van der Waals surface area contributed by atoms with Gasteiger partial charge in [0.2, 0.25) is 5.91 Å². The van der Waals surface area contributed by atoms with Crippen LogP contribution in [0.2, 0.25) is 0 Å². The van der Waals surface area contributed by atoms with Gasteiger partial charge in [-0.05, 0) is 36.1 Å². The van der Waals surface area contributed by atoms with Gasteiger partial charge in [0.15, 0.2) is 0 Å². The molecule has 0 aliphatic carbocycles. The largest absolute Gasteiger partial charge is 0.280 e. The van der Waals surface area contributed by atoms with E-state index in [1.807, 2.05) is 22.8 Å². The molecule has 0 aliphatic rings. The summed E-state index contributed by atoms with van der Waals surface area (Å²) >= 11 is 0. The fourth-order valence-corrected chi connectivity index (χ4v) is 2.96. The predicted molar refractivity (Wildman–Crippen MR) is 96.8 cm³/mol. The number of nitrogens with zero attached hydrogens (tertiary/aromatic N) is 1. The van der Waals surface area contributed by atoms with E-state index in [1.165, 1.54) is 5.56 Å². The molecule has 0 fully saturated rings. The average molecular weight is 305 g/mol. The van der Waals surface area contributed by atoms with Crippen LogP contribution in [0.5, 0.6) is 0 Å². The lowest BCUT2D eigenvalue weighted by molar-refractivity contribution is 0.0864. The molecule has 0 N–H and O–H groups in total. The molecular weight excluding hydrogens is 282 g/mol. The number of benzene rings is 2. The highest BCUT2D eigenvalue weighted by Crippen LogP contribution is 2.31. The van der Waals surface area contributed by atoms with Gasteiger partial charge in [-0.3, -0.25) is 9.36 Å². The summed E-state index contributed by atoms with van der Waals surface area (Å²) in [7, 11) is 0. The Labute approximate surface area is 137 Å². The Morgan fingerprint density at radius 2 is 1.70 bits per heavy atom. The molecule has 23 heavy (non-hydrogen) atoms.